The van der Waals surface area contributed by atoms with E-state index in [9.17, 15) is 4.79 Å². The Morgan fingerprint density at radius 1 is 1.03 bits per heavy atom. The van der Waals surface area contributed by atoms with Crippen LogP contribution in [0.15, 0.2) is 52.4 Å². The predicted molar refractivity (Wildman–Crippen MR) is 133 cm³/mol. The maximum Gasteiger partial charge on any atom is 0.323 e. The maximum absolute atomic E-state index is 13.6. The van der Waals surface area contributed by atoms with Gasteiger partial charge < -0.3 is 14.2 Å². The third kappa shape index (κ3) is 3.77. The van der Waals surface area contributed by atoms with Gasteiger partial charge in [0.1, 0.15) is 5.52 Å². The summed E-state index contributed by atoms with van der Waals surface area (Å²) in [5, 5.41) is 5.12. The molecule has 5 rings (SSSR count). The minimum Gasteiger partial charge on any atom is -0.493 e. The summed E-state index contributed by atoms with van der Waals surface area (Å²) in [6.45, 7) is 2.65. The van der Waals surface area contributed by atoms with Crippen LogP contribution in [0.4, 0.5) is 0 Å². The molecule has 1 N–H and O–H groups in total. The van der Waals surface area contributed by atoms with Gasteiger partial charge in [0.2, 0.25) is 11.5 Å². The van der Waals surface area contributed by atoms with E-state index in [1.165, 1.54) is 0 Å². The maximum atomic E-state index is 13.6. The van der Waals surface area contributed by atoms with Gasteiger partial charge in [-0.15, -0.1) is 9.78 Å². The van der Waals surface area contributed by atoms with Gasteiger partial charge in [0, 0.05) is 19.6 Å². The molecule has 35 heavy (non-hydrogen) atoms. The molecule has 0 saturated heterocycles. The lowest BCUT2D eigenvalue weighted by Crippen LogP contribution is -2.32. The zero-order valence-corrected chi connectivity index (χ0v) is 19.9. The number of ether oxygens (including phenoxy) is 3. The Balaban J connectivity index is 1.82. The molecule has 0 aliphatic rings. The van der Waals surface area contributed by atoms with E-state index in [2.05, 4.69) is 4.98 Å². The van der Waals surface area contributed by atoms with E-state index in [-0.39, 0.29) is 5.56 Å². The molecule has 10 nitrogen and oxygen atoms in total. The topological polar surface area (TPSA) is 107 Å². The lowest BCUT2D eigenvalue weighted by atomic mass is 10.2. The van der Waals surface area contributed by atoms with Crippen LogP contribution in [0.25, 0.3) is 33.2 Å². The van der Waals surface area contributed by atoms with Crippen LogP contribution in [-0.2, 0) is 11.3 Å². The van der Waals surface area contributed by atoms with Crippen LogP contribution in [0.2, 0.25) is 0 Å². The first-order chi connectivity index (χ1) is 17.1. The van der Waals surface area contributed by atoms with Crippen molar-refractivity contribution in [3.05, 3.63) is 64.2 Å². The van der Waals surface area contributed by atoms with Gasteiger partial charge in [0.05, 0.1) is 44.6 Å². The normalized spacial score (nSPS) is 11.8. The standard InChI is InChI=1S/C25H24N6O4/c1-15-27-23-20(25(32)30(15)12-13-33-2)21-24(29-18-10-6-5-9-17(18)28-21)31(23)26-14-16-8-7-11-19(34-3)22(16)35-4/h5-11,14H,12-13H2,1-4H3/p+1. The quantitative estimate of drug-likeness (QED) is 0.336. The fourth-order valence-corrected chi connectivity index (χ4v) is 4.17. The van der Waals surface area contributed by atoms with Crippen molar-refractivity contribution in [3.63, 3.8) is 0 Å². The molecule has 0 fully saturated rings. The Kier molecular flexibility index (Phi) is 5.87. The van der Waals surface area contributed by atoms with Crippen molar-refractivity contribution in [2.75, 3.05) is 27.9 Å². The number of fused-ring (bicyclic) bond motifs is 4. The van der Waals surface area contributed by atoms with Gasteiger partial charge in [0.25, 0.3) is 5.65 Å². The summed E-state index contributed by atoms with van der Waals surface area (Å²) in [6, 6.07) is 13.1. The SMILES string of the molecule is COCCn1c(C)[nH+]c2c(c1=O)c1nc3ccccc3nc1n2N=Cc1cccc(OC)c1OC. The third-order valence-corrected chi connectivity index (χ3v) is 5.87. The van der Waals surface area contributed by atoms with Gasteiger partial charge in [0.15, 0.2) is 16.9 Å². The molecule has 0 amide bonds. The summed E-state index contributed by atoms with van der Waals surface area (Å²) in [6.07, 6.45) is 1.65. The van der Waals surface area contributed by atoms with E-state index < -0.39 is 0 Å². The Hall–Kier alpha value is -4.31. The van der Waals surface area contributed by atoms with Gasteiger partial charge in [-0.2, -0.15) is 0 Å². The Labute approximate surface area is 200 Å². The molecule has 0 bridgehead atoms. The van der Waals surface area contributed by atoms with Crippen molar-refractivity contribution in [1.29, 1.82) is 0 Å². The first kappa shape index (κ1) is 22.5. The van der Waals surface area contributed by atoms with Gasteiger partial charge >= 0.3 is 5.56 Å². The second kappa shape index (κ2) is 9.15. The fourth-order valence-electron chi connectivity index (χ4n) is 4.17. The molecule has 0 saturated carbocycles. The van der Waals surface area contributed by atoms with Crippen LogP contribution in [-0.4, -0.2) is 53.4 Å². The molecule has 2 aromatic carbocycles. The minimum atomic E-state index is -0.184. The van der Waals surface area contributed by atoms with E-state index in [1.54, 1.807) is 36.8 Å². The molecule has 3 heterocycles. The molecule has 10 heteroatoms. The predicted octanol–water partition coefficient (Wildman–Crippen LogP) is 2.57. The molecule has 0 spiro atoms. The van der Waals surface area contributed by atoms with Crippen LogP contribution < -0.4 is 20.0 Å². The van der Waals surface area contributed by atoms with Crippen molar-refractivity contribution in [3.8, 4) is 11.5 Å². The van der Waals surface area contributed by atoms with Crippen LogP contribution >= 0.6 is 0 Å². The van der Waals surface area contributed by atoms with Crippen molar-refractivity contribution in [2.24, 2.45) is 5.10 Å². The number of hydrogen-bond donors (Lipinski definition) is 0. The van der Waals surface area contributed by atoms with Gasteiger partial charge in [-0.1, -0.05) is 18.2 Å². The minimum absolute atomic E-state index is 0.184. The molecule has 0 radical (unpaired) electrons. The molecule has 0 unspecified atom stereocenters. The van der Waals surface area contributed by atoms with E-state index in [1.807, 2.05) is 49.4 Å². The monoisotopic (exact) mass is 473 g/mol. The fraction of sp³-hybridized carbons (Fsp3) is 0.240. The molecule has 178 valence electrons. The second-order valence-electron chi connectivity index (χ2n) is 7.91. The Morgan fingerprint density at radius 3 is 2.51 bits per heavy atom. The average molecular weight is 474 g/mol. The Morgan fingerprint density at radius 2 is 1.80 bits per heavy atom. The third-order valence-electron chi connectivity index (χ3n) is 5.87. The van der Waals surface area contributed by atoms with E-state index >= 15 is 0 Å². The number of aromatic nitrogens is 5. The highest BCUT2D eigenvalue weighted by Crippen LogP contribution is 2.30. The summed E-state index contributed by atoms with van der Waals surface area (Å²) in [5.41, 5.74) is 3.37. The summed E-state index contributed by atoms with van der Waals surface area (Å²) in [5.74, 6) is 1.81. The first-order valence-electron chi connectivity index (χ1n) is 11.0. The zero-order valence-electron chi connectivity index (χ0n) is 19.9. The Bertz CT molecular complexity index is 1650. The number of hydrogen-bond acceptors (Lipinski definition) is 7. The van der Waals surface area contributed by atoms with E-state index in [4.69, 9.17) is 29.3 Å². The highest BCUT2D eigenvalue weighted by Gasteiger charge is 2.26. The van der Waals surface area contributed by atoms with Gasteiger partial charge in [-0.25, -0.2) is 24.3 Å². The summed E-state index contributed by atoms with van der Waals surface area (Å²) in [7, 11) is 4.76. The number of nitrogens with zero attached hydrogens (tertiary/aromatic N) is 5. The van der Waals surface area contributed by atoms with Crippen LogP contribution in [0, 0.1) is 6.92 Å². The summed E-state index contributed by atoms with van der Waals surface area (Å²) < 4.78 is 19.4. The number of methoxy groups -OCH3 is 3. The molecular formula is C25H25N6O4+. The molecule has 3 aromatic heterocycles. The highest BCUT2D eigenvalue weighted by atomic mass is 16.5. The van der Waals surface area contributed by atoms with Crippen LogP contribution in [0.1, 0.15) is 11.4 Å². The lowest BCUT2D eigenvalue weighted by molar-refractivity contribution is -0.368. The van der Waals surface area contributed by atoms with E-state index in [0.717, 1.165) is 0 Å². The highest BCUT2D eigenvalue weighted by molar-refractivity contribution is 6.04. The number of aryl methyl sites for hydroxylation is 1. The van der Waals surface area contributed by atoms with Crippen LogP contribution in [0.5, 0.6) is 11.5 Å². The second-order valence-corrected chi connectivity index (χ2v) is 7.91. The lowest BCUT2D eigenvalue weighted by Gasteiger charge is -2.09. The number of rotatable bonds is 7. The van der Waals surface area contributed by atoms with Crippen molar-refractivity contribution >= 4 is 39.4 Å². The molecule has 0 aliphatic carbocycles. The number of aromatic amines is 1. The number of H-pyrrole nitrogens is 1. The largest absolute Gasteiger partial charge is 0.493 e. The first-order valence-corrected chi connectivity index (χ1v) is 11.0. The molecular weight excluding hydrogens is 448 g/mol. The number of nitrogens with one attached hydrogen (secondary N) is 1. The van der Waals surface area contributed by atoms with Gasteiger partial charge in [-0.05, 0) is 24.3 Å². The molecule has 0 aliphatic heterocycles. The smallest absolute Gasteiger partial charge is 0.323 e. The number of para-hydroxylation sites is 3. The molecule has 0 atom stereocenters. The van der Waals surface area contributed by atoms with Crippen molar-refractivity contribution in [2.45, 2.75) is 13.5 Å². The average Bonchev–Trinajstić information content (AvgIpc) is 3.17. The van der Waals surface area contributed by atoms with Gasteiger partial charge in [-0.3, -0.25) is 0 Å². The van der Waals surface area contributed by atoms with Crippen molar-refractivity contribution < 1.29 is 19.2 Å². The molecule has 5 aromatic rings. The van der Waals surface area contributed by atoms with Crippen molar-refractivity contribution in [1.82, 2.24) is 19.2 Å². The zero-order chi connectivity index (χ0) is 24.5. The number of benzene rings is 2. The van der Waals surface area contributed by atoms with Crippen LogP contribution in [0.3, 0.4) is 0 Å². The summed E-state index contributed by atoms with van der Waals surface area (Å²) >= 11 is 0. The summed E-state index contributed by atoms with van der Waals surface area (Å²) in [4.78, 5) is 26.5. The van der Waals surface area contributed by atoms with E-state index in [0.29, 0.717) is 69.3 Å².